The van der Waals surface area contributed by atoms with Crippen molar-refractivity contribution in [3.8, 4) is 5.75 Å². The monoisotopic (exact) mass is 466 g/mol. The summed E-state index contributed by atoms with van der Waals surface area (Å²) in [5.41, 5.74) is 3.38. The van der Waals surface area contributed by atoms with Crippen LogP contribution in [-0.2, 0) is 20.4 Å². The third-order valence-corrected chi connectivity index (χ3v) is 5.96. The topological polar surface area (TPSA) is 76.7 Å². The van der Waals surface area contributed by atoms with Crippen LogP contribution in [0.15, 0.2) is 42.5 Å². The van der Waals surface area contributed by atoms with E-state index in [9.17, 15) is 9.59 Å². The van der Waals surface area contributed by atoms with Crippen LogP contribution in [0.25, 0.3) is 0 Å². The molecule has 1 heterocycles. The maximum atomic E-state index is 12.5. The van der Waals surface area contributed by atoms with Gasteiger partial charge in [-0.3, -0.25) is 9.59 Å². The van der Waals surface area contributed by atoms with Gasteiger partial charge in [0.1, 0.15) is 5.75 Å². The minimum Gasteiger partial charge on any atom is -0.483 e. The number of benzene rings is 2. The average molecular weight is 467 g/mol. The Kier molecular flexibility index (Phi) is 8.03. The van der Waals surface area contributed by atoms with E-state index in [1.165, 1.54) is 5.56 Å². The molecule has 1 unspecified atom stereocenters. The van der Waals surface area contributed by atoms with Gasteiger partial charge in [-0.2, -0.15) is 0 Å². The smallest absolute Gasteiger partial charge is 0.262 e. The molecule has 1 fully saturated rings. The van der Waals surface area contributed by atoms with Crippen molar-refractivity contribution in [1.29, 1.82) is 0 Å². The summed E-state index contributed by atoms with van der Waals surface area (Å²) in [5.74, 6) is 0.314. The van der Waals surface area contributed by atoms with Gasteiger partial charge in [-0.25, -0.2) is 0 Å². The minimum atomic E-state index is -0.254. The van der Waals surface area contributed by atoms with Crippen LogP contribution in [-0.4, -0.2) is 37.7 Å². The molecular weight excluding hydrogens is 428 g/mol. The first-order valence-electron chi connectivity index (χ1n) is 12.0. The largest absolute Gasteiger partial charge is 0.483 e. The lowest BCUT2D eigenvalue weighted by atomic mass is 9.80. The Hall–Kier alpha value is -2.86. The van der Waals surface area contributed by atoms with Crippen molar-refractivity contribution in [3.05, 3.63) is 59.2 Å². The van der Waals surface area contributed by atoms with Crippen LogP contribution in [0, 0.1) is 0 Å². The van der Waals surface area contributed by atoms with E-state index in [2.05, 4.69) is 64.3 Å². The SMILES string of the molecule is CC(C)(C)c1ccc(OCC(=O)Nc2ccc(C(=O)NCC3CCCO3)cc2)c(C(C)(C)C)c1. The van der Waals surface area contributed by atoms with Gasteiger partial charge in [0.15, 0.2) is 6.61 Å². The normalized spacial score (nSPS) is 16.2. The Bertz CT molecular complexity index is 995. The van der Waals surface area contributed by atoms with E-state index in [4.69, 9.17) is 9.47 Å². The third-order valence-electron chi connectivity index (χ3n) is 5.96. The molecule has 1 saturated heterocycles. The van der Waals surface area contributed by atoms with E-state index in [-0.39, 0.29) is 35.4 Å². The van der Waals surface area contributed by atoms with Crippen LogP contribution in [0.3, 0.4) is 0 Å². The lowest BCUT2D eigenvalue weighted by Crippen LogP contribution is -2.31. The first kappa shape index (κ1) is 25.8. The van der Waals surface area contributed by atoms with Crippen LogP contribution >= 0.6 is 0 Å². The molecule has 3 rings (SSSR count). The molecule has 1 aliphatic heterocycles. The second-order valence-corrected chi connectivity index (χ2v) is 11.0. The second kappa shape index (κ2) is 10.6. The number of ether oxygens (including phenoxy) is 2. The number of carbonyl (C=O) groups excluding carboxylic acids is 2. The zero-order chi connectivity index (χ0) is 24.9. The molecule has 0 spiro atoms. The molecule has 2 aromatic rings. The molecule has 2 aromatic carbocycles. The van der Waals surface area contributed by atoms with Crippen LogP contribution in [0.5, 0.6) is 5.75 Å². The highest BCUT2D eigenvalue weighted by Crippen LogP contribution is 2.35. The van der Waals surface area contributed by atoms with Crippen molar-refractivity contribution in [2.24, 2.45) is 0 Å². The molecule has 1 atom stereocenters. The second-order valence-electron chi connectivity index (χ2n) is 11.0. The highest BCUT2D eigenvalue weighted by molar-refractivity contribution is 5.96. The van der Waals surface area contributed by atoms with Gasteiger partial charge in [-0.05, 0) is 65.1 Å². The standard InChI is InChI=1S/C28H38N2O4/c1-27(2,3)20-11-14-24(23(16-20)28(4,5)6)34-18-25(31)30-21-12-9-19(10-13-21)26(32)29-17-22-8-7-15-33-22/h9-14,16,22H,7-8,15,17-18H2,1-6H3,(H,29,32)(H,30,31). The number of nitrogens with one attached hydrogen (secondary N) is 2. The van der Waals surface area contributed by atoms with E-state index < -0.39 is 0 Å². The van der Waals surface area contributed by atoms with Crippen molar-refractivity contribution >= 4 is 17.5 Å². The number of rotatable bonds is 7. The van der Waals surface area contributed by atoms with Gasteiger partial charge in [-0.15, -0.1) is 0 Å². The maximum Gasteiger partial charge on any atom is 0.262 e. The molecular formula is C28H38N2O4. The maximum absolute atomic E-state index is 12.5. The number of hydrogen-bond donors (Lipinski definition) is 2. The summed E-state index contributed by atoms with van der Waals surface area (Å²) in [6.07, 6.45) is 2.12. The zero-order valence-electron chi connectivity index (χ0n) is 21.3. The fourth-order valence-corrected chi connectivity index (χ4v) is 3.87. The Morgan fingerprint density at radius 2 is 1.71 bits per heavy atom. The van der Waals surface area contributed by atoms with Gasteiger partial charge in [0.25, 0.3) is 11.8 Å². The summed E-state index contributed by atoms with van der Waals surface area (Å²) < 4.78 is 11.4. The lowest BCUT2D eigenvalue weighted by molar-refractivity contribution is -0.118. The highest BCUT2D eigenvalue weighted by atomic mass is 16.5. The molecule has 184 valence electrons. The number of carbonyl (C=O) groups is 2. The molecule has 1 aliphatic rings. The van der Waals surface area contributed by atoms with Crippen LogP contribution in [0.2, 0.25) is 0 Å². The Morgan fingerprint density at radius 3 is 2.29 bits per heavy atom. The summed E-state index contributed by atoms with van der Waals surface area (Å²) in [6, 6.07) is 13.0. The van der Waals surface area contributed by atoms with Crippen LogP contribution in [0.4, 0.5) is 5.69 Å². The summed E-state index contributed by atoms with van der Waals surface area (Å²) in [7, 11) is 0. The Balaban J connectivity index is 1.56. The van der Waals surface area contributed by atoms with Gasteiger partial charge >= 0.3 is 0 Å². The minimum absolute atomic E-state index is 0.0310. The lowest BCUT2D eigenvalue weighted by Gasteiger charge is -2.27. The first-order chi connectivity index (χ1) is 15.9. The molecule has 6 heteroatoms. The van der Waals surface area contributed by atoms with E-state index in [1.807, 2.05) is 6.07 Å². The summed E-state index contributed by atoms with van der Waals surface area (Å²) in [4.78, 5) is 24.8. The zero-order valence-corrected chi connectivity index (χ0v) is 21.3. The highest BCUT2D eigenvalue weighted by Gasteiger charge is 2.23. The molecule has 0 radical (unpaired) electrons. The van der Waals surface area contributed by atoms with Gasteiger partial charge in [0.05, 0.1) is 6.10 Å². The van der Waals surface area contributed by atoms with E-state index in [0.717, 1.165) is 25.0 Å². The predicted molar refractivity (Wildman–Crippen MR) is 136 cm³/mol. The van der Waals surface area contributed by atoms with E-state index >= 15 is 0 Å². The fourth-order valence-electron chi connectivity index (χ4n) is 3.87. The number of hydrogen-bond acceptors (Lipinski definition) is 4. The number of anilines is 1. The summed E-state index contributed by atoms with van der Waals surface area (Å²) in [6.45, 7) is 14.1. The third kappa shape index (κ3) is 7.07. The van der Waals surface area contributed by atoms with Crippen LogP contribution < -0.4 is 15.4 Å². The summed E-state index contributed by atoms with van der Waals surface area (Å²) >= 11 is 0. The molecule has 0 bridgehead atoms. The molecule has 0 aromatic heterocycles. The molecule has 0 aliphatic carbocycles. The van der Waals surface area contributed by atoms with E-state index in [1.54, 1.807) is 24.3 Å². The van der Waals surface area contributed by atoms with Crippen molar-refractivity contribution in [3.63, 3.8) is 0 Å². The Morgan fingerprint density at radius 1 is 1.00 bits per heavy atom. The van der Waals surface area contributed by atoms with Crippen molar-refractivity contribution in [2.75, 3.05) is 25.1 Å². The molecule has 2 amide bonds. The Labute approximate surface area is 203 Å². The van der Waals surface area contributed by atoms with Crippen molar-refractivity contribution in [1.82, 2.24) is 5.32 Å². The summed E-state index contributed by atoms with van der Waals surface area (Å²) in [5, 5.41) is 5.73. The van der Waals surface area contributed by atoms with Crippen molar-refractivity contribution in [2.45, 2.75) is 71.3 Å². The van der Waals surface area contributed by atoms with E-state index in [0.29, 0.717) is 23.5 Å². The average Bonchev–Trinajstić information content (AvgIpc) is 3.29. The predicted octanol–water partition coefficient (Wildman–Crippen LogP) is 5.21. The van der Waals surface area contributed by atoms with Crippen LogP contribution in [0.1, 0.15) is 75.9 Å². The molecule has 6 nitrogen and oxygen atoms in total. The van der Waals surface area contributed by atoms with Gasteiger partial charge in [0, 0.05) is 24.4 Å². The van der Waals surface area contributed by atoms with Gasteiger partial charge < -0.3 is 20.1 Å². The molecule has 2 N–H and O–H groups in total. The van der Waals surface area contributed by atoms with Gasteiger partial charge in [0.2, 0.25) is 0 Å². The molecule has 34 heavy (non-hydrogen) atoms. The quantitative estimate of drug-likeness (QED) is 0.587. The first-order valence-corrected chi connectivity index (χ1v) is 12.0. The number of amides is 2. The van der Waals surface area contributed by atoms with Crippen molar-refractivity contribution < 1.29 is 19.1 Å². The fraction of sp³-hybridized carbons (Fsp3) is 0.500. The molecule has 0 saturated carbocycles. The van der Waals surface area contributed by atoms with Gasteiger partial charge in [-0.1, -0.05) is 53.7 Å².